The average Bonchev–Trinajstić information content (AvgIpc) is 3.35. The number of carboxylic acid groups (broad SMARTS) is 1. The number of benzene rings is 1. The van der Waals surface area contributed by atoms with Gasteiger partial charge in [-0.1, -0.05) is 0 Å². The van der Waals surface area contributed by atoms with E-state index in [1.807, 2.05) is 0 Å². The van der Waals surface area contributed by atoms with Gasteiger partial charge in [0.25, 0.3) is 0 Å². The number of pyridine rings is 1. The fourth-order valence-electron chi connectivity index (χ4n) is 3.58. The molecule has 3 N–H and O–H groups in total. The van der Waals surface area contributed by atoms with Crippen molar-refractivity contribution in [3.63, 3.8) is 0 Å². The Hall–Kier alpha value is -2.48. The van der Waals surface area contributed by atoms with E-state index in [1.54, 1.807) is 0 Å². The highest BCUT2D eigenvalue weighted by atomic mass is 19.1. The van der Waals surface area contributed by atoms with Crippen LogP contribution in [-0.4, -0.2) is 27.8 Å². The molecule has 0 aliphatic heterocycles. The van der Waals surface area contributed by atoms with Gasteiger partial charge in [-0.15, -0.1) is 0 Å². The topological polar surface area (TPSA) is 94.6 Å². The van der Waals surface area contributed by atoms with Crippen LogP contribution in [0.3, 0.4) is 0 Å². The number of ether oxygens (including phenoxy) is 1. The Bertz CT molecular complexity index is 968. The minimum Gasteiger partial charge on any atom is -0.483 e. The molecular formula is C18H18F2N2O4. The van der Waals surface area contributed by atoms with Crippen LogP contribution in [0, 0.1) is 11.6 Å². The number of nitrogens with two attached hydrogens (primary N) is 1. The van der Waals surface area contributed by atoms with Gasteiger partial charge in [0.2, 0.25) is 5.43 Å². The smallest absolute Gasteiger partial charge is 0.341 e. The Balaban J connectivity index is 1.93. The second-order valence-corrected chi connectivity index (χ2v) is 6.96. The van der Waals surface area contributed by atoms with Gasteiger partial charge in [-0.3, -0.25) is 4.79 Å². The maximum Gasteiger partial charge on any atom is 0.341 e. The lowest BCUT2D eigenvalue weighted by molar-refractivity contribution is 0.0695. The molecule has 2 aromatic rings. The lowest BCUT2D eigenvalue weighted by atomic mass is 10.1. The number of halogens is 2. The van der Waals surface area contributed by atoms with Crippen molar-refractivity contribution in [3.05, 3.63) is 39.7 Å². The number of hydrogen-bond donors (Lipinski definition) is 2. The molecule has 2 atom stereocenters. The molecule has 26 heavy (non-hydrogen) atoms. The van der Waals surface area contributed by atoms with Gasteiger partial charge in [0, 0.05) is 18.3 Å². The monoisotopic (exact) mass is 364 g/mol. The highest BCUT2D eigenvalue weighted by Crippen LogP contribution is 2.40. The summed E-state index contributed by atoms with van der Waals surface area (Å²) in [6, 6.07) is 0.448. The zero-order valence-corrected chi connectivity index (χ0v) is 13.9. The van der Waals surface area contributed by atoms with Gasteiger partial charge in [-0.05, 0) is 38.2 Å². The van der Waals surface area contributed by atoms with E-state index in [9.17, 15) is 19.1 Å². The van der Waals surface area contributed by atoms with Crippen LogP contribution < -0.4 is 15.9 Å². The molecule has 0 radical (unpaired) electrons. The number of aromatic nitrogens is 1. The molecule has 2 saturated carbocycles. The van der Waals surface area contributed by atoms with Gasteiger partial charge < -0.3 is 20.1 Å². The highest BCUT2D eigenvalue weighted by Gasteiger charge is 2.32. The number of nitrogens with zero attached hydrogens (tertiary/aromatic N) is 1. The van der Waals surface area contributed by atoms with Gasteiger partial charge >= 0.3 is 5.97 Å². The Labute approximate surface area is 147 Å². The first-order valence-corrected chi connectivity index (χ1v) is 8.61. The van der Waals surface area contributed by atoms with E-state index < -0.39 is 40.4 Å². The highest BCUT2D eigenvalue weighted by molar-refractivity contribution is 5.93. The van der Waals surface area contributed by atoms with Crippen molar-refractivity contribution in [1.29, 1.82) is 0 Å². The van der Waals surface area contributed by atoms with Gasteiger partial charge in [-0.25, -0.2) is 13.6 Å². The van der Waals surface area contributed by atoms with Crippen molar-refractivity contribution in [2.24, 2.45) is 5.73 Å². The third kappa shape index (κ3) is 2.65. The largest absolute Gasteiger partial charge is 0.483 e. The van der Waals surface area contributed by atoms with Crippen LogP contribution in [0.4, 0.5) is 8.78 Å². The lowest BCUT2D eigenvalue weighted by Crippen LogP contribution is -2.34. The second-order valence-electron chi connectivity index (χ2n) is 6.96. The first-order valence-electron chi connectivity index (χ1n) is 8.61. The second kappa shape index (κ2) is 6.05. The van der Waals surface area contributed by atoms with Gasteiger partial charge in [0.1, 0.15) is 11.7 Å². The van der Waals surface area contributed by atoms with Crippen molar-refractivity contribution in [3.8, 4) is 5.75 Å². The number of hydrogen-bond acceptors (Lipinski definition) is 4. The van der Waals surface area contributed by atoms with E-state index in [4.69, 9.17) is 10.5 Å². The van der Waals surface area contributed by atoms with Crippen LogP contribution in [-0.2, 0) is 0 Å². The molecule has 4 rings (SSSR count). The normalized spacial score (nSPS) is 22.7. The molecule has 8 heteroatoms. The van der Waals surface area contributed by atoms with Gasteiger partial charge in [0.05, 0.1) is 10.9 Å². The van der Waals surface area contributed by atoms with Crippen molar-refractivity contribution in [2.75, 3.05) is 0 Å². The van der Waals surface area contributed by atoms with E-state index in [1.165, 1.54) is 4.57 Å². The summed E-state index contributed by atoms with van der Waals surface area (Å²) in [7, 11) is 0. The molecular weight excluding hydrogens is 346 g/mol. The molecule has 0 bridgehead atoms. The lowest BCUT2D eigenvalue weighted by Gasteiger charge is -2.20. The molecule has 6 nitrogen and oxygen atoms in total. The maximum absolute atomic E-state index is 15.2. The third-order valence-corrected chi connectivity index (χ3v) is 5.11. The first-order chi connectivity index (χ1) is 12.4. The molecule has 2 fully saturated rings. The standard InChI is InChI=1S/C18H18F2N2O4/c19-11-6-9-15(14(20)17(11)26-13-3-1-2-12(13)21)22(8-4-5-8)7-10(16(9)23)18(24)25/h6-8,12-13H,1-5,21H2,(H,24,25)/t12-,13-/m1/s1. The molecule has 1 heterocycles. The van der Waals surface area contributed by atoms with Crippen LogP contribution in [0.25, 0.3) is 10.9 Å². The number of rotatable bonds is 4. The number of carboxylic acids is 1. The minimum absolute atomic E-state index is 0.113. The van der Waals surface area contributed by atoms with E-state index in [2.05, 4.69) is 0 Å². The fraction of sp³-hybridized carbons (Fsp3) is 0.444. The summed E-state index contributed by atoms with van der Waals surface area (Å²) >= 11 is 0. The third-order valence-electron chi connectivity index (χ3n) is 5.11. The summed E-state index contributed by atoms with van der Waals surface area (Å²) in [5, 5.41) is 8.93. The summed E-state index contributed by atoms with van der Waals surface area (Å²) in [5.41, 5.74) is 4.38. The molecule has 0 spiro atoms. The van der Waals surface area contributed by atoms with Crippen molar-refractivity contribution in [2.45, 2.75) is 50.3 Å². The van der Waals surface area contributed by atoms with E-state index in [0.29, 0.717) is 6.42 Å². The molecule has 0 unspecified atom stereocenters. The molecule has 2 aliphatic rings. The fourth-order valence-corrected chi connectivity index (χ4v) is 3.58. The molecule has 1 aromatic heterocycles. The Kier molecular flexibility index (Phi) is 3.95. The van der Waals surface area contributed by atoms with Crippen LogP contribution in [0.2, 0.25) is 0 Å². The van der Waals surface area contributed by atoms with Crippen LogP contribution in [0.5, 0.6) is 5.75 Å². The summed E-state index contributed by atoms with van der Waals surface area (Å²) < 4.78 is 36.6. The van der Waals surface area contributed by atoms with Gasteiger partial charge in [-0.2, -0.15) is 0 Å². The molecule has 0 amide bonds. The number of carbonyl (C=O) groups is 1. The predicted molar refractivity (Wildman–Crippen MR) is 89.6 cm³/mol. The summed E-state index contributed by atoms with van der Waals surface area (Å²) in [6.45, 7) is 0. The molecule has 1 aromatic carbocycles. The summed E-state index contributed by atoms with van der Waals surface area (Å²) in [4.78, 5) is 23.7. The average molecular weight is 364 g/mol. The molecule has 0 saturated heterocycles. The quantitative estimate of drug-likeness (QED) is 0.870. The number of aromatic carboxylic acids is 1. The first kappa shape index (κ1) is 17.0. The summed E-state index contributed by atoms with van der Waals surface area (Å²) in [5.74, 6) is -4.00. The van der Waals surface area contributed by atoms with E-state index >= 15 is 4.39 Å². The molecule has 138 valence electrons. The van der Waals surface area contributed by atoms with Crippen molar-refractivity contribution >= 4 is 16.9 Å². The van der Waals surface area contributed by atoms with Crippen LogP contribution >= 0.6 is 0 Å². The van der Waals surface area contributed by atoms with Gasteiger partial charge in [0.15, 0.2) is 17.4 Å². The van der Waals surface area contributed by atoms with Crippen LogP contribution in [0.15, 0.2) is 17.1 Å². The maximum atomic E-state index is 15.2. The molecule has 2 aliphatic carbocycles. The number of fused-ring (bicyclic) bond motifs is 1. The van der Waals surface area contributed by atoms with E-state index in [0.717, 1.165) is 37.9 Å². The van der Waals surface area contributed by atoms with Crippen molar-refractivity contribution < 1.29 is 23.4 Å². The zero-order valence-electron chi connectivity index (χ0n) is 13.9. The van der Waals surface area contributed by atoms with E-state index in [-0.39, 0.29) is 23.0 Å². The Morgan fingerprint density at radius 1 is 1.27 bits per heavy atom. The summed E-state index contributed by atoms with van der Waals surface area (Å²) in [6.07, 6.45) is 4.25. The van der Waals surface area contributed by atoms with Crippen molar-refractivity contribution in [1.82, 2.24) is 4.57 Å². The van der Waals surface area contributed by atoms with Crippen LogP contribution in [0.1, 0.15) is 48.5 Å². The predicted octanol–water partition coefficient (Wildman–Crippen LogP) is 2.57. The Morgan fingerprint density at radius 3 is 2.58 bits per heavy atom. The zero-order chi connectivity index (χ0) is 18.6. The minimum atomic E-state index is -1.43. The Morgan fingerprint density at radius 2 is 2.00 bits per heavy atom. The SMILES string of the molecule is N[C@@H]1CCC[C@H]1Oc1c(F)cc2c(=O)c(C(=O)O)cn(C3CC3)c2c1F.